The Balaban J connectivity index is 2.36. The second kappa shape index (κ2) is 4.64. The molecule has 96 valence electrons. The molecular weight excluding hydrogens is 245 g/mol. The van der Waals surface area contributed by atoms with Gasteiger partial charge in [0.05, 0.1) is 23.7 Å². The summed E-state index contributed by atoms with van der Waals surface area (Å²) in [6, 6.07) is 5.10. The van der Waals surface area contributed by atoms with Crippen LogP contribution in [0.25, 0.3) is 11.9 Å². The van der Waals surface area contributed by atoms with Crippen LogP contribution >= 0.6 is 0 Å². The maximum atomic E-state index is 12.6. The molecule has 0 saturated carbocycles. The predicted molar refractivity (Wildman–Crippen MR) is 61.4 cm³/mol. The van der Waals surface area contributed by atoms with E-state index in [0.717, 1.165) is 12.1 Å². The predicted octanol–water partition coefficient (Wildman–Crippen LogP) is 3.27. The highest BCUT2D eigenvalue weighted by Crippen LogP contribution is 2.30. The second-order valence-corrected chi connectivity index (χ2v) is 3.62. The monoisotopic (exact) mass is 256 g/mol. The van der Waals surface area contributed by atoms with Crippen LogP contribution in [0.2, 0.25) is 0 Å². The molecule has 1 heterocycles. The molecule has 0 spiro atoms. The highest BCUT2D eigenvalue weighted by molar-refractivity contribution is 5.73. The molecule has 0 atom stereocenters. The van der Waals surface area contributed by atoms with Crippen molar-refractivity contribution in [1.82, 2.24) is 10.1 Å². The van der Waals surface area contributed by atoms with Gasteiger partial charge in [0.2, 0.25) is 0 Å². The fourth-order valence-electron chi connectivity index (χ4n) is 1.48. The first-order valence-corrected chi connectivity index (χ1v) is 5.19. The van der Waals surface area contributed by atoms with Crippen molar-refractivity contribution in [2.24, 2.45) is 0 Å². The first kappa shape index (κ1) is 12.3. The minimum atomic E-state index is -4.35. The van der Waals surface area contributed by atoms with Gasteiger partial charge in [-0.05, 0) is 17.7 Å². The minimum Gasteiger partial charge on any atom is -0.386 e. The van der Waals surface area contributed by atoms with Crippen molar-refractivity contribution >= 4 is 11.9 Å². The normalized spacial score (nSPS) is 12.8. The van der Waals surface area contributed by atoms with E-state index in [4.69, 9.17) is 4.52 Å². The summed E-state index contributed by atoms with van der Waals surface area (Å²) in [6.07, 6.45) is 0.332. The number of nitrogens with one attached hydrogen (secondary N) is 1. The van der Waals surface area contributed by atoms with E-state index in [1.54, 1.807) is 25.5 Å². The van der Waals surface area contributed by atoms with E-state index < -0.39 is 11.7 Å². The Kier molecular flexibility index (Phi) is 3.18. The molecular formula is C12H11F3N2O. The molecule has 0 aliphatic carbocycles. The van der Waals surface area contributed by atoms with Crippen LogP contribution in [0.15, 0.2) is 41.2 Å². The van der Waals surface area contributed by atoms with Gasteiger partial charge in [0, 0.05) is 7.05 Å². The Morgan fingerprint density at radius 2 is 2.11 bits per heavy atom. The average molecular weight is 256 g/mol. The maximum Gasteiger partial charge on any atom is 0.416 e. The Labute approximate surface area is 101 Å². The van der Waals surface area contributed by atoms with Crippen molar-refractivity contribution < 1.29 is 17.7 Å². The third-order valence-corrected chi connectivity index (χ3v) is 2.42. The number of aromatic nitrogens is 1. The molecule has 6 heteroatoms. The molecule has 0 unspecified atom stereocenters. The smallest absolute Gasteiger partial charge is 0.386 e. The van der Waals surface area contributed by atoms with Crippen molar-refractivity contribution in [3.8, 4) is 0 Å². The zero-order chi connectivity index (χ0) is 13.2. The minimum absolute atomic E-state index is 0.441. The molecule has 1 aromatic carbocycles. The fraction of sp³-hybridized carbons (Fsp3) is 0.167. The summed E-state index contributed by atoms with van der Waals surface area (Å²) in [4.78, 5) is 0. The molecule has 0 saturated heterocycles. The maximum absolute atomic E-state index is 12.6. The van der Waals surface area contributed by atoms with E-state index in [0.29, 0.717) is 11.3 Å². The number of nitrogens with zero attached hydrogens (tertiary/aromatic N) is 1. The number of hydrogen-bond acceptors (Lipinski definition) is 2. The van der Waals surface area contributed by atoms with E-state index in [9.17, 15) is 13.2 Å². The summed E-state index contributed by atoms with van der Waals surface area (Å²) in [7, 11) is 1.63. The molecule has 1 N–H and O–H groups in total. The first-order chi connectivity index (χ1) is 8.50. The van der Waals surface area contributed by atoms with Crippen LogP contribution in [-0.2, 0) is 6.18 Å². The SMILES string of the molecule is CN/C(=C\n1cco1)c1cccc(C(F)(F)F)c1. The lowest BCUT2D eigenvalue weighted by Gasteiger charge is -2.12. The van der Waals surface area contributed by atoms with E-state index >= 15 is 0 Å². The van der Waals surface area contributed by atoms with Gasteiger partial charge in [-0.15, -0.1) is 0 Å². The highest BCUT2D eigenvalue weighted by atomic mass is 19.4. The van der Waals surface area contributed by atoms with Gasteiger partial charge in [-0.1, -0.05) is 12.1 Å². The molecule has 2 aromatic rings. The van der Waals surface area contributed by atoms with Crippen LogP contribution in [0.5, 0.6) is 0 Å². The number of halogens is 3. The summed E-state index contributed by atoms with van der Waals surface area (Å²) in [5, 5.41) is 2.83. The summed E-state index contributed by atoms with van der Waals surface area (Å²) in [6.45, 7) is 0. The van der Waals surface area contributed by atoms with Gasteiger partial charge < -0.3 is 9.84 Å². The lowest BCUT2D eigenvalue weighted by atomic mass is 10.1. The summed E-state index contributed by atoms with van der Waals surface area (Å²) in [5.41, 5.74) is 0.294. The molecule has 0 aliphatic rings. The van der Waals surface area contributed by atoms with Gasteiger partial charge in [-0.25, -0.2) is 0 Å². The Morgan fingerprint density at radius 1 is 1.39 bits per heavy atom. The standard InChI is InChI=1S/C12H11F3N2O/c1-16-11(8-17-5-6-18-17)9-3-2-4-10(7-9)12(13,14)15/h2-8,16H,1H3/b11-8-. The molecule has 3 nitrogen and oxygen atoms in total. The number of benzene rings is 1. The van der Waals surface area contributed by atoms with Gasteiger partial charge in [0.1, 0.15) is 6.26 Å². The Morgan fingerprint density at radius 3 is 2.61 bits per heavy atom. The fourth-order valence-corrected chi connectivity index (χ4v) is 1.48. The van der Waals surface area contributed by atoms with Crippen LogP contribution in [-0.4, -0.2) is 11.8 Å². The molecule has 18 heavy (non-hydrogen) atoms. The van der Waals surface area contributed by atoms with E-state index in [-0.39, 0.29) is 0 Å². The third kappa shape index (κ3) is 2.58. The second-order valence-electron chi connectivity index (χ2n) is 3.62. The summed E-state index contributed by atoms with van der Waals surface area (Å²) < 4.78 is 44.1. The topological polar surface area (TPSA) is 30.1 Å². The van der Waals surface area contributed by atoms with Crippen molar-refractivity contribution in [3.63, 3.8) is 0 Å². The van der Waals surface area contributed by atoms with Gasteiger partial charge in [0.15, 0.2) is 0 Å². The van der Waals surface area contributed by atoms with Gasteiger partial charge in [0.25, 0.3) is 0 Å². The lowest BCUT2D eigenvalue weighted by molar-refractivity contribution is -0.137. The zero-order valence-electron chi connectivity index (χ0n) is 9.53. The van der Waals surface area contributed by atoms with Crippen molar-refractivity contribution in [3.05, 3.63) is 47.9 Å². The zero-order valence-corrected chi connectivity index (χ0v) is 9.53. The van der Waals surface area contributed by atoms with Crippen LogP contribution in [0.1, 0.15) is 11.1 Å². The van der Waals surface area contributed by atoms with Crippen molar-refractivity contribution in [2.75, 3.05) is 7.05 Å². The molecule has 0 fully saturated rings. The first-order valence-electron chi connectivity index (χ1n) is 5.19. The number of hydrogen-bond donors (Lipinski definition) is 1. The molecule has 0 bridgehead atoms. The molecule has 0 aliphatic heterocycles. The Hall–Kier alpha value is -2.11. The molecule has 0 radical (unpaired) electrons. The Bertz CT molecular complexity index is 542. The third-order valence-electron chi connectivity index (χ3n) is 2.42. The van der Waals surface area contributed by atoms with Crippen molar-refractivity contribution in [1.29, 1.82) is 0 Å². The van der Waals surface area contributed by atoms with Crippen LogP contribution in [0.4, 0.5) is 13.2 Å². The van der Waals surface area contributed by atoms with Crippen LogP contribution in [0, 0.1) is 0 Å². The summed E-state index contributed by atoms with van der Waals surface area (Å²) >= 11 is 0. The van der Waals surface area contributed by atoms with E-state index in [2.05, 4.69) is 5.32 Å². The van der Waals surface area contributed by atoms with Crippen LogP contribution < -0.4 is 5.32 Å². The van der Waals surface area contributed by atoms with Crippen molar-refractivity contribution in [2.45, 2.75) is 6.18 Å². The highest BCUT2D eigenvalue weighted by Gasteiger charge is 2.30. The number of rotatable bonds is 3. The summed E-state index contributed by atoms with van der Waals surface area (Å²) in [5.74, 6) is 0. The number of alkyl halides is 3. The van der Waals surface area contributed by atoms with E-state index in [1.165, 1.54) is 17.1 Å². The van der Waals surface area contributed by atoms with E-state index in [1.807, 2.05) is 0 Å². The largest absolute Gasteiger partial charge is 0.416 e. The molecule has 1 aromatic heterocycles. The van der Waals surface area contributed by atoms with Gasteiger partial charge in [-0.2, -0.15) is 17.9 Å². The quantitative estimate of drug-likeness (QED) is 0.913. The van der Waals surface area contributed by atoms with Gasteiger partial charge in [-0.3, -0.25) is 0 Å². The average Bonchev–Trinajstić information content (AvgIpc) is 2.27. The van der Waals surface area contributed by atoms with Crippen LogP contribution in [0.3, 0.4) is 0 Å². The molecule has 0 amide bonds. The lowest BCUT2D eigenvalue weighted by Crippen LogP contribution is -2.09. The van der Waals surface area contributed by atoms with Gasteiger partial charge >= 0.3 is 6.18 Å². The molecule has 2 rings (SSSR count).